The second-order valence-electron chi connectivity index (χ2n) is 5.84. The van der Waals surface area contributed by atoms with Crippen LogP contribution in [0.1, 0.15) is 35.5 Å². The number of rotatable bonds is 4. The normalized spacial score (nSPS) is 12.7. The van der Waals surface area contributed by atoms with E-state index in [9.17, 15) is 9.90 Å². The number of aliphatic hydroxyl groups is 1. The molecule has 2 aromatic rings. The van der Waals surface area contributed by atoms with Gasteiger partial charge in [-0.15, -0.1) is 0 Å². The zero-order chi connectivity index (χ0) is 15.6. The fourth-order valence-electron chi connectivity index (χ4n) is 2.15. The van der Waals surface area contributed by atoms with Gasteiger partial charge >= 0.3 is 0 Å². The van der Waals surface area contributed by atoms with Gasteiger partial charge in [0.1, 0.15) is 0 Å². The van der Waals surface area contributed by atoms with Crippen LogP contribution >= 0.6 is 0 Å². The second-order valence-corrected chi connectivity index (χ2v) is 5.84. The number of carbonyl (C=O) groups is 1. The number of pyridine rings is 1. The minimum absolute atomic E-state index is 0.115. The van der Waals surface area contributed by atoms with Crippen LogP contribution in [0.5, 0.6) is 0 Å². The minimum Gasteiger partial charge on any atom is -0.391 e. The summed E-state index contributed by atoms with van der Waals surface area (Å²) in [6, 6.07) is 7.85. The number of hydrogen-bond acceptors (Lipinski definition) is 3. The molecule has 2 N–H and O–H groups in total. The molecule has 1 aromatic heterocycles. The molecule has 1 amide bonds. The summed E-state index contributed by atoms with van der Waals surface area (Å²) in [5.74, 6) is -0.0770. The molecule has 0 aliphatic carbocycles. The lowest BCUT2D eigenvalue weighted by Gasteiger charge is -2.15. The van der Waals surface area contributed by atoms with Crippen LogP contribution in [0.2, 0.25) is 0 Å². The Kier molecular flexibility index (Phi) is 4.58. The molecule has 4 nitrogen and oxygen atoms in total. The van der Waals surface area contributed by atoms with Gasteiger partial charge in [-0.1, -0.05) is 25.5 Å². The van der Waals surface area contributed by atoms with Gasteiger partial charge in [0.25, 0.3) is 5.91 Å². The highest BCUT2D eigenvalue weighted by molar-refractivity contribution is 5.98. The van der Waals surface area contributed by atoms with E-state index >= 15 is 0 Å². The van der Waals surface area contributed by atoms with Crippen LogP contribution in [0, 0.1) is 19.8 Å². The van der Waals surface area contributed by atoms with Gasteiger partial charge in [0.2, 0.25) is 0 Å². The van der Waals surface area contributed by atoms with E-state index in [1.165, 1.54) is 0 Å². The predicted octanol–water partition coefficient (Wildman–Crippen LogP) is 2.60. The van der Waals surface area contributed by atoms with E-state index in [2.05, 4.69) is 10.3 Å². The summed E-state index contributed by atoms with van der Waals surface area (Å²) >= 11 is 0. The van der Waals surface area contributed by atoms with Crippen molar-refractivity contribution in [2.45, 2.75) is 33.8 Å². The number of aromatic nitrogens is 1. The van der Waals surface area contributed by atoms with Gasteiger partial charge < -0.3 is 10.4 Å². The number of fused-ring (bicyclic) bond motifs is 1. The van der Waals surface area contributed by atoms with E-state index in [1.807, 2.05) is 52.0 Å². The maximum Gasteiger partial charge on any atom is 0.253 e. The molecular formula is C17H22N2O2. The first-order valence-electron chi connectivity index (χ1n) is 7.22. The zero-order valence-electron chi connectivity index (χ0n) is 13.0. The van der Waals surface area contributed by atoms with E-state index in [1.54, 1.807) is 0 Å². The highest BCUT2D eigenvalue weighted by atomic mass is 16.3. The summed E-state index contributed by atoms with van der Waals surface area (Å²) < 4.78 is 0. The molecule has 0 fully saturated rings. The van der Waals surface area contributed by atoms with E-state index in [-0.39, 0.29) is 18.4 Å². The molecule has 1 aromatic carbocycles. The quantitative estimate of drug-likeness (QED) is 0.908. The highest BCUT2D eigenvalue weighted by Gasteiger charge is 2.14. The predicted molar refractivity (Wildman–Crippen MR) is 84.4 cm³/mol. The fourth-order valence-corrected chi connectivity index (χ4v) is 2.15. The number of nitrogens with zero attached hydrogens (tertiary/aromatic N) is 1. The van der Waals surface area contributed by atoms with Crippen LogP contribution in [0.4, 0.5) is 0 Å². The lowest BCUT2D eigenvalue weighted by molar-refractivity contribution is 0.0871. The molecule has 21 heavy (non-hydrogen) atoms. The third-order valence-electron chi connectivity index (χ3n) is 3.65. The molecule has 1 unspecified atom stereocenters. The monoisotopic (exact) mass is 286 g/mol. The summed E-state index contributed by atoms with van der Waals surface area (Å²) in [5, 5.41) is 13.5. The van der Waals surface area contributed by atoms with Crippen LogP contribution in [0.25, 0.3) is 10.9 Å². The third kappa shape index (κ3) is 3.58. The molecule has 2 rings (SSSR count). The van der Waals surface area contributed by atoms with Crippen molar-refractivity contribution in [2.75, 3.05) is 6.54 Å². The third-order valence-corrected chi connectivity index (χ3v) is 3.65. The number of amides is 1. The smallest absolute Gasteiger partial charge is 0.253 e. The van der Waals surface area contributed by atoms with Crippen LogP contribution in [-0.4, -0.2) is 28.6 Å². The average Bonchev–Trinajstić information content (AvgIpc) is 2.43. The molecule has 112 valence electrons. The first-order valence-corrected chi connectivity index (χ1v) is 7.22. The van der Waals surface area contributed by atoms with Crippen molar-refractivity contribution in [1.82, 2.24) is 10.3 Å². The van der Waals surface area contributed by atoms with E-state index < -0.39 is 6.10 Å². The average molecular weight is 286 g/mol. The molecule has 0 bridgehead atoms. The number of nitrogens with one attached hydrogen (secondary N) is 1. The van der Waals surface area contributed by atoms with Crippen molar-refractivity contribution >= 4 is 16.8 Å². The molecule has 0 spiro atoms. The van der Waals surface area contributed by atoms with Crippen LogP contribution < -0.4 is 5.32 Å². The van der Waals surface area contributed by atoms with E-state index in [4.69, 9.17) is 0 Å². The lowest BCUT2D eigenvalue weighted by atomic mass is 10.1. The van der Waals surface area contributed by atoms with Crippen molar-refractivity contribution < 1.29 is 9.90 Å². The summed E-state index contributed by atoms with van der Waals surface area (Å²) in [7, 11) is 0. The molecule has 1 atom stereocenters. The Morgan fingerprint density at radius 2 is 2.00 bits per heavy atom. The Morgan fingerprint density at radius 1 is 1.29 bits per heavy atom. The topological polar surface area (TPSA) is 62.2 Å². The molecule has 0 aliphatic heterocycles. The number of carbonyl (C=O) groups excluding carboxylic acids is 1. The van der Waals surface area contributed by atoms with Gasteiger partial charge in [-0.25, -0.2) is 0 Å². The molecule has 1 heterocycles. The lowest BCUT2D eigenvalue weighted by Crippen LogP contribution is -2.35. The number of benzene rings is 1. The minimum atomic E-state index is -0.537. The summed E-state index contributed by atoms with van der Waals surface area (Å²) in [6.07, 6.45) is -0.537. The molecular weight excluding hydrogens is 264 g/mol. The van der Waals surface area contributed by atoms with Crippen molar-refractivity contribution in [2.24, 2.45) is 5.92 Å². The first kappa shape index (κ1) is 15.4. The Bertz CT molecular complexity index is 665. The van der Waals surface area contributed by atoms with Gasteiger partial charge in [0.05, 0.1) is 22.9 Å². The maximum absolute atomic E-state index is 12.3. The second kappa shape index (κ2) is 6.22. The maximum atomic E-state index is 12.3. The van der Waals surface area contributed by atoms with Crippen molar-refractivity contribution in [3.8, 4) is 0 Å². The molecule has 0 saturated heterocycles. The molecule has 0 aliphatic rings. The van der Waals surface area contributed by atoms with Crippen molar-refractivity contribution in [1.29, 1.82) is 0 Å². The Balaban J connectivity index is 2.24. The SMILES string of the molecule is Cc1ccc2nc(C)c(C(=O)NCC(O)C(C)C)cc2c1. The van der Waals surface area contributed by atoms with Crippen molar-refractivity contribution in [3.05, 3.63) is 41.1 Å². The molecule has 4 heteroatoms. The van der Waals surface area contributed by atoms with E-state index in [0.29, 0.717) is 11.3 Å². The summed E-state index contributed by atoms with van der Waals surface area (Å²) in [4.78, 5) is 16.7. The van der Waals surface area contributed by atoms with E-state index in [0.717, 1.165) is 16.5 Å². The Labute approximate surface area is 125 Å². The summed E-state index contributed by atoms with van der Waals surface area (Å²) in [6.45, 7) is 7.93. The van der Waals surface area contributed by atoms with Crippen LogP contribution in [0.3, 0.4) is 0 Å². The first-order chi connectivity index (χ1) is 9.88. The number of aliphatic hydroxyl groups excluding tert-OH is 1. The van der Waals surface area contributed by atoms with Crippen LogP contribution in [0.15, 0.2) is 24.3 Å². The van der Waals surface area contributed by atoms with Crippen molar-refractivity contribution in [3.63, 3.8) is 0 Å². The van der Waals surface area contributed by atoms with Gasteiger partial charge in [-0.05, 0) is 38.0 Å². The van der Waals surface area contributed by atoms with Gasteiger partial charge in [-0.2, -0.15) is 0 Å². The molecule has 0 saturated carbocycles. The summed E-state index contributed by atoms with van der Waals surface area (Å²) in [5.41, 5.74) is 3.28. The molecule has 0 radical (unpaired) electrons. The standard InChI is InChI=1S/C17H22N2O2/c1-10(2)16(20)9-18-17(21)14-8-13-7-11(3)5-6-15(13)19-12(14)4/h5-8,10,16,20H,9H2,1-4H3,(H,18,21). The largest absolute Gasteiger partial charge is 0.391 e. The zero-order valence-corrected chi connectivity index (χ0v) is 13.0. The Morgan fingerprint density at radius 3 is 2.67 bits per heavy atom. The van der Waals surface area contributed by atoms with Gasteiger partial charge in [-0.3, -0.25) is 9.78 Å². The van der Waals surface area contributed by atoms with Gasteiger partial charge in [0.15, 0.2) is 0 Å². The van der Waals surface area contributed by atoms with Crippen LogP contribution in [-0.2, 0) is 0 Å². The Hall–Kier alpha value is -1.94. The number of hydrogen-bond donors (Lipinski definition) is 2. The van der Waals surface area contributed by atoms with Gasteiger partial charge in [0, 0.05) is 11.9 Å². The fraction of sp³-hybridized carbons (Fsp3) is 0.412. The highest BCUT2D eigenvalue weighted by Crippen LogP contribution is 2.18. The number of aryl methyl sites for hydroxylation is 2.